The van der Waals surface area contributed by atoms with E-state index in [0.717, 1.165) is 46.6 Å². The van der Waals surface area contributed by atoms with Gasteiger partial charge in [0.2, 0.25) is 0 Å². The van der Waals surface area contributed by atoms with Crippen molar-refractivity contribution < 1.29 is 14.6 Å². The maximum Gasteiger partial charge on any atom is 0.264 e. The molecule has 7 nitrogen and oxygen atoms in total. The molecule has 0 spiro atoms. The molecule has 1 aliphatic heterocycles. The lowest BCUT2D eigenvalue weighted by Crippen LogP contribution is -2.45. The van der Waals surface area contributed by atoms with E-state index in [9.17, 15) is 9.90 Å². The second-order valence-electron chi connectivity index (χ2n) is 8.35. The van der Waals surface area contributed by atoms with Gasteiger partial charge >= 0.3 is 0 Å². The van der Waals surface area contributed by atoms with Gasteiger partial charge in [0.25, 0.3) is 5.91 Å². The van der Waals surface area contributed by atoms with Crippen LogP contribution in [0.4, 0.5) is 5.82 Å². The molecule has 0 bridgehead atoms. The van der Waals surface area contributed by atoms with E-state index in [0.29, 0.717) is 24.6 Å². The average molecular weight is 455 g/mol. The van der Waals surface area contributed by atoms with Crippen molar-refractivity contribution in [2.45, 2.75) is 39.2 Å². The minimum atomic E-state index is -0.104. The Balaban J connectivity index is 1.53. The molecule has 3 aromatic rings. The van der Waals surface area contributed by atoms with E-state index in [2.05, 4.69) is 16.9 Å². The molecule has 4 rings (SSSR count). The first kappa shape index (κ1) is 22.5. The van der Waals surface area contributed by atoms with Crippen molar-refractivity contribution in [1.82, 2.24) is 14.9 Å². The van der Waals surface area contributed by atoms with Gasteiger partial charge in [-0.15, -0.1) is 11.3 Å². The van der Waals surface area contributed by atoms with Crippen LogP contribution in [0.2, 0.25) is 0 Å². The summed E-state index contributed by atoms with van der Waals surface area (Å²) in [6.45, 7) is 5.88. The molecular weight excluding hydrogens is 424 g/mol. The summed E-state index contributed by atoms with van der Waals surface area (Å²) >= 11 is 1.41. The Morgan fingerprint density at radius 3 is 2.78 bits per heavy atom. The Morgan fingerprint density at radius 2 is 2.03 bits per heavy atom. The van der Waals surface area contributed by atoms with Crippen molar-refractivity contribution in [1.29, 1.82) is 0 Å². The molecule has 1 saturated heterocycles. The highest BCUT2D eigenvalue weighted by Crippen LogP contribution is 2.36. The number of fused-ring (bicyclic) bond motifs is 1. The van der Waals surface area contributed by atoms with Gasteiger partial charge in [-0.3, -0.25) is 4.79 Å². The molecular formula is C24H30N4O3S. The van der Waals surface area contributed by atoms with Crippen LogP contribution < -0.4 is 9.64 Å². The summed E-state index contributed by atoms with van der Waals surface area (Å²) < 4.78 is 5.88. The van der Waals surface area contributed by atoms with Crippen molar-refractivity contribution >= 4 is 33.3 Å². The molecule has 2 aromatic heterocycles. The number of thiophene rings is 1. The number of rotatable bonds is 7. The SMILES string of the molecule is Cc1ccc(OCCN(C)c2ncnc3sc(C(=O)N4CCCCC4CO)c(C)c23)cc1. The largest absolute Gasteiger partial charge is 0.492 e. The maximum absolute atomic E-state index is 13.3. The zero-order valence-corrected chi connectivity index (χ0v) is 19.7. The minimum absolute atomic E-state index is 0.00442. The van der Waals surface area contributed by atoms with E-state index in [1.54, 1.807) is 6.33 Å². The topological polar surface area (TPSA) is 78.8 Å². The summed E-state index contributed by atoms with van der Waals surface area (Å²) in [6.07, 6.45) is 4.42. The summed E-state index contributed by atoms with van der Waals surface area (Å²) in [4.78, 5) is 27.7. The van der Waals surface area contributed by atoms with E-state index in [4.69, 9.17) is 4.74 Å². The van der Waals surface area contributed by atoms with E-state index < -0.39 is 0 Å². The van der Waals surface area contributed by atoms with Crippen LogP contribution in [0, 0.1) is 13.8 Å². The van der Waals surface area contributed by atoms with Crippen LogP contribution in [0.15, 0.2) is 30.6 Å². The normalized spacial score (nSPS) is 16.4. The van der Waals surface area contributed by atoms with Crippen LogP contribution in [-0.2, 0) is 0 Å². The molecule has 1 atom stereocenters. The number of amides is 1. The fourth-order valence-corrected chi connectivity index (χ4v) is 5.27. The number of hydrogen-bond acceptors (Lipinski definition) is 7. The standard InChI is InChI=1S/C24H30N4O3S/c1-16-7-9-19(10-8-16)31-13-12-27(3)22-20-17(2)21(32-23(20)26-15-25-22)24(30)28-11-5-4-6-18(28)14-29/h7-10,15,18,29H,4-6,11-14H2,1-3H3. The molecule has 32 heavy (non-hydrogen) atoms. The van der Waals surface area contributed by atoms with Crippen molar-refractivity contribution in [3.05, 3.63) is 46.6 Å². The van der Waals surface area contributed by atoms with Gasteiger partial charge in [0.15, 0.2) is 0 Å². The van der Waals surface area contributed by atoms with E-state index in [1.807, 2.05) is 48.0 Å². The third-order valence-electron chi connectivity index (χ3n) is 6.08. The molecule has 170 valence electrons. The van der Waals surface area contributed by atoms with Crippen LogP contribution in [0.3, 0.4) is 0 Å². The fraction of sp³-hybridized carbons (Fsp3) is 0.458. The highest BCUT2D eigenvalue weighted by atomic mass is 32.1. The van der Waals surface area contributed by atoms with Gasteiger partial charge in [0.05, 0.1) is 29.5 Å². The van der Waals surface area contributed by atoms with Crippen LogP contribution in [-0.4, -0.2) is 65.3 Å². The number of aliphatic hydroxyl groups is 1. The predicted octanol–water partition coefficient (Wildman–Crippen LogP) is 3.81. The van der Waals surface area contributed by atoms with Crippen molar-refractivity contribution in [2.24, 2.45) is 0 Å². The number of aromatic nitrogens is 2. The summed E-state index contributed by atoms with van der Waals surface area (Å²) in [6, 6.07) is 7.90. The molecule has 8 heteroatoms. The van der Waals surface area contributed by atoms with E-state index in [1.165, 1.54) is 16.9 Å². The Hall–Kier alpha value is -2.71. The number of nitrogens with zero attached hydrogens (tertiary/aromatic N) is 4. The molecule has 1 aromatic carbocycles. The van der Waals surface area contributed by atoms with Crippen molar-refractivity contribution in [3.63, 3.8) is 0 Å². The minimum Gasteiger partial charge on any atom is -0.492 e. The van der Waals surface area contributed by atoms with Gasteiger partial charge in [0, 0.05) is 13.6 Å². The van der Waals surface area contributed by atoms with Crippen LogP contribution in [0.1, 0.15) is 40.1 Å². The highest BCUT2D eigenvalue weighted by molar-refractivity contribution is 7.20. The molecule has 1 N–H and O–H groups in total. The Kier molecular flexibility index (Phi) is 6.91. The van der Waals surface area contributed by atoms with E-state index in [-0.39, 0.29) is 18.6 Å². The second-order valence-corrected chi connectivity index (χ2v) is 9.35. The lowest BCUT2D eigenvalue weighted by molar-refractivity contribution is 0.0507. The van der Waals surface area contributed by atoms with E-state index >= 15 is 0 Å². The third-order valence-corrected chi connectivity index (χ3v) is 7.27. The Bertz CT molecular complexity index is 1080. The molecule has 1 fully saturated rings. The first-order chi connectivity index (χ1) is 15.5. The summed E-state index contributed by atoms with van der Waals surface area (Å²) in [5, 5.41) is 10.6. The summed E-state index contributed by atoms with van der Waals surface area (Å²) in [5.74, 6) is 1.63. The number of carbonyl (C=O) groups is 1. The monoisotopic (exact) mass is 454 g/mol. The highest BCUT2D eigenvalue weighted by Gasteiger charge is 2.30. The summed E-state index contributed by atoms with van der Waals surface area (Å²) in [5.41, 5.74) is 2.10. The molecule has 0 aliphatic carbocycles. The van der Waals surface area contributed by atoms with Gasteiger partial charge in [-0.25, -0.2) is 9.97 Å². The quantitative estimate of drug-likeness (QED) is 0.585. The number of likely N-dealkylation sites (tertiary alicyclic amines) is 1. The number of anilines is 1. The van der Waals surface area contributed by atoms with Crippen LogP contribution in [0.25, 0.3) is 10.2 Å². The lowest BCUT2D eigenvalue weighted by atomic mass is 10.0. The number of likely N-dealkylation sites (N-methyl/N-ethyl adjacent to an activating group) is 1. The van der Waals surface area contributed by atoms with Gasteiger partial charge < -0.3 is 19.6 Å². The summed E-state index contributed by atoms with van der Waals surface area (Å²) in [7, 11) is 1.98. The average Bonchev–Trinajstić information content (AvgIpc) is 3.16. The first-order valence-electron chi connectivity index (χ1n) is 11.1. The molecule has 1 amide bonds. The van der Waals surface area contributed by atoms with Gasteiger partial charge in [-0.1, -0.05) is 17.7 Å². The van der Waals surface area contributed by atoms with Crippen LogP contribution >= 0.6 is 11.3 Å². The number of ether oxygens (including phenoxy) is 1. The number of hydrogen-bond donors (Lipinski definition) is 1. The predicted molar refractivity (Wildman–Crippen MR) is 128 cm³/mol. The second kappa shape index (κ2) is 9.83. The number of carbonyl (C=O) groups excluding carboxylic acids is 1. The molecule has 0 saturated carbocycles. The number of piperidine rings is 1. The maximum atomic E-state index is 13.3. The van der Waals surface area contributed by atoms with Gasteiger partial charge in [0.1, 0.15) is 29.3 Å². The molecule has 0 radical (unpaired) electrons. The third kappa shape index (κ3) is 4.56. The first-order valence-corrected chi connectivity index (χ1v) is 11.9. The molecule has 3 heterocycles. The molecule has 1 aliphatic rings. The Labute approximate surface area is 192 Å². The zero-order valence-electron chi connectivity index (χ0n) is 18.9. The molecule has 1 unspecified atom stereocenters. The fourth-order valence-electron chi connectivity index (χ4n) is 4.18. The number of aryl methyl sites for hydroxylation is 2. The van der Waals surface area contributed by atoms with Crippen molar-refractivity contribution in [3.8, 4) is 5.75 Å². The number of benzene rings is 1. The van der Waals surface area contributed by atoms with Gasteiger partial charge in [-0.2, -0.15) is 0 Å². The number of aliphatic hydroxyl groups excluding tert-OH is 1. The smallest absolute Gasteiger partial charge is 0.264 e. The van der Waals surface area contributed by atoms with Crippen molar-refractivity contribution in [2.75, 3.05) is 38.3 Å². The van der Waals surface area contributed by atoms with Gasteiger partial charge in [-0.05, 0) is 50.8 Å². The lowest BCUT2D eigenvalue weighted by Gasteiger charge is -2.34. The zero-order chi connectivity index (χ0) is 22.7. The van der Waals surface area contributed by atoms with Crippen LogP contribution in [0.5, 0.6) is 5.75 Å². The Morgan fingerprint density at radius 1 is 1.25 bits per heavy atom.